The Bertz CT molecular complexity index is 859. The van der Waals surface area contributed by atoms with Gasteiger partial charge in [-0.15, -0.1) is 5.10 Å². The quantitative estimate of drug-likeness (QED) is 0.873. The fourth-order valence-corrected chi connectivity index (χ4v) is 3.40. The fourth-order valence-electron chi connectivity index (χ4n) is 2.65. The number of nitrogens with zero attached hydrogens (tertiary/aromatic N) is 4. The van der Waals surface area contributed by atoms with Crippen LogP contribution in [-0.4, -0.2) is 42.9 Å². The highest BCUT2D eigenvalue weighted by Crippen LogP contribution is 2.31. The number of rotatable bonds is 4. The van der Waals surface area contributed by atoms with Gasteiger partial charge in [0.1, 0.15) is 5.69 Å². The van der Waals surface area contributed by atoms with Gasteiger partial charge in [0.25, 0.3) is 5.91 Å². The molecule has 1 N–H and O–H groups in total. The van der Waals surface area contributed by atoms with Crippen molar-refractivity contribution in [2.24, 2.45) is 0 Å². The Morgan fingerprint density at radius 2 is 2.17 bits per heavy atom. The van der Waals surface area contributed by atoms with Crippen LogP contribution >= 0.6 is 0 Å². The summed E-state index contributed by atoms with van der Waals surface area (Å²) in [5.74, 6) is -0.227. The number of nitrogens with one attached hydrogen (secondary N) is 1. The number of amides is 1. The number of sulfonamides is 1. The van der Waals surface area contributed by atoms with E-state index in [9.17, 15) is 13.2 Å². The van der Waals surface area contributed by atoms with Crippen LogP contribution in [0.2, 0.25) is 0 Å². The summed E-state index contributed by atoms with van der Waals surface area (Å²) in [6.07, 6.45) is 2.12. The molecule has 2 aromatic rings. The van der Waals surface area contributed by atoms with Crippen molar-refractivity contribution in [3.8, 4) is 0 Å². The number of fused-ring (bicyclic) bond motifs is 1. The number of benzene rings is 1. The van der Waals surface area contributed by atoms with Gasteiger partial charge in [-0.2, -0.15) is 0 Å². The second-order valence-corrected chi connectivity index (χ2v) is 7.03. The van der Waals surface area contributed by atoms with Gasteiger partial charge in [-0.05, 0) is 38.1 Å². The molecule has 1 aliphatic heterocycles. The van der Waals surface area contributed by atoms with Crippen molar-refractivity contribution in [1.82, 2.24) is 19.7 Å². The van der Waals surface area contributed by atoms with E-state index in [1.807, 2.05) is 6.92 Å². The minimum atomic E-state index is -3.55. The monoisotopic (exact) mass is 335 g/mol. The standard InChI is InChI=1S/C14H17N5O3S/c1-3-19-13(9-16-17-19)14(20)18-7-6-10-4-5-11(8-12(10)18)23(21,22)15-2/h4-5,8-9,15H,3,6-7H2,1-2H3. The van der Waals surface area contributed by atoms with Crippen LogP contribution in [0.1, 0.15) is 23.0 Å². The molecule has 0 unspecified atom stereocenters. The zero-order chi connectivity index (χ0) is 16.6. The molecule has 0 atom stereocenters. The first kappa shape index (κ1) is 15.6. The largest absolute Gasteiger partial charge is 0.306 e. The minimum absolute atomic E-state index is 0.139. The lowest BCUT2D eigenvalue weighted by Crippen LogP contribution is -2.31. The van der Waals surface area contributed by atoms with Gasteiger partial charge < -0.3 is 4.90 Å². The van der Waals surface area contributed by atoms with Gasteiger partial charge in [0.2, 0.25) is 10.0 Å². The lowest BCUT2D eigenvalue weighted by Gasteiger charge is -2.18. The van der Waals surface area contributed by atoms with Gasteiger partial charge in [-0.25, -0.2) is 17.8 Å². The summed E-state index contributed by atoms with van der Waals surface area (Å²) in [7, 11) is -2.20. The molecule has 2 heterocycles. The molecule has 1 aromatic carbocycles. The molecule has 0 aliphatic carbocycles. The Kier molecular flexibility index (Phi) is 3.90. The van der Waals surface area contributed by atoms with Gasteiger partial charge in [0, 0.05) is 18.8 Å². The molecule has 0 saturated heterocycles. The average Bonchev–Trinajstić information content (AvgIpc) is 3.20. The molecule has 0 bridgehead atoms. The van der Waals surface area contributed by atoms with Gasteiger partial charge in [0.15, 0.2) is 0 Å². The van der Waals surface area contributed by atoms with E-state index >= 15 is 0 Å². The summed E-state index contributed by atoms with van der Waals surface area (Å²) in [5.41, 5.74) is 1.96. The topological polar surface area (TPSA) is 97.2 Å². The van der Waals surface area contributed by atoms with E-state index in [1.165, 1.54) is 24.0 Å². The van der Waals surface area contributed by atoms with Crippen LogP contribution in [0.25, 0.3) is 0 Å². The maximum absolute atomic E-state index is 12.7. The Hall–Kier alpha value is -2.26. The first-order valence-corrected chi connectivity index (χ1v) is 8.73. The van der Waals surface area contributed by atoms with Crippen molar-refractivity contribution in [2.75, 3.05) is 18.5 Å². The summed E-state index contributed by atoms with van der Waals surface area (Å²) in [5, 5.41) is 7.64. The van der Waals surface area contributed by atoms with E-state index in [1.54, 1.807) is 17.0 Å². The van der Waals surface area contributed by atoms with Crippen molar-refractivity contribution >= 4 is 21.6 Å². The van der Waals surface area contributed by atoms with E-state index in [4.69, 9.17) is 0 Å². The van der Waals surface area contributed by atoms with Crippen molar-refractivity contribution < 1.29 is 13.2 Å². The highest BCUT2D eigenvalue weighted by molar-refractivity contribution is 7.89. The predicted octanol–water partition coefficient (Wildman–Crippen LogP) is 0.409. The smallest absolute Gasteiger partial charge is 0.278 e. The highest BCUT2D eigenvalue weighted by atomic mass is 32.2. The first-order chi connectivity index (χ1) is 11.0. The fraction of sp³-hybridized carbons (Fsp3) is 0.357. The molecule has 8 nitrogen and oxygen atoms in total. The molecule has 23 heavy (non-hydrogen) atoms. The van der Waals surface area contributed by atoms with Crippen LogP contribution < -0.4 is 9.62 Å². The molecule has 9 heteroatoms. The van der Waals surface area contributed by atoms with E-state index in [-0.39, 0.29) is 10.8 Å². The molecular weight excluding hydrogens is 318 g/mol. The van der Waals surface area contributed by atoms with Crippen molar-refractivity contribution in [3.63, 3.8) is 0 Å². The van der Waals surface area contributed by atoms with E-state index in [2.05, 4.69) is 15.0 Å². The lowest BCUT2D eigenvalue weighted by molar-refractivity contribution is 0.0979. The Morgan fingerprint density at radius 1 is 1.39 bits per heavy atom. The number of hydrogen-bond donors (Lipinski definition) is 1. The zero-order valence-corrected chi connectivity index (χ0v) is 13.7. The second-order valence-electron chi connectivity index (χ2n) is 5.14. The zero-order valence-electron chi connectivity index (χ0n) is 12.9. The van der Waals surface area contributed by atoms with Crippen LogP contribution in [0.3, 0.4) is 0 Å². The Morgan fingerprint density at radius 3 is 2.87 bits per heavy atom. The van der Waals surface area contributed by atoms with Crippen LogP contribution in [-0.2, 0) is 23.0 Å². The normalized spacial score (nSPS) is 14.1. The Balaban J connectivity index is 2.01. The molecule has 1 amide bonds. The third-order valence-corrected chi connectivity index (χ3v) is 5.32. The van der Waals surface area contributed by atoms with Crippen LogP contribution in [0.5, 0.6) is 0 Å². The van der Waals surface area contributed by atoms with E-state index in [0.29, 0.717) is 30.9 Å². The number of anilines is 1. The van der Waals surface area contributed by atoms with Crippen LogP contribution in [0.15, 0.2) is 29.3 Å². The molecule has 3 rings (SSSR count). The SMILES string of the molecule is CCn1nncc1C(=O)N1CCc2ccc(S(=O)(=O)NC)cc21. The van der Waals surface area contributed by atoms with Crippen LogP contribution in [0, 0.1) is 0 Å². The Labute approximate surface area is 134 Å². The third-order valence-electron chi connectivity index (χ3n) is 3.91. The molecule has 1 aliphatic rings. The lowest BCUT2D eigenvalue weighted by atomic mass is 10.2. The maximum Gasteiger partial charge on any atom is 0.278 e. The second kappa shape index (κ2) is 5.74. The minimum Gasteiger partial charge on any atom is -0.306 e. The molecule has 0 fully saturated rings. The summed E-state index contributed by atoms with van der Waals surface area (Å²) in [4.78, 5) is 14.5. The average molecular weight is 335 g/mol. The molecule has 0 radical (unpaired) electrons. The van der Waals surface area contributed by atoms with Crippen molar-refractivity contribution in [3.05, 3.63) is 35.7 Å². The number of aromatic nitrogens is 3. The third kappa shape index (κ3) is 2.62. The molecule has 0 spiro atoms. The van der Waals surface area contributed by atoms with E-state index in [0.717, 1.165) is 5.56 Å². The first-order valence-electron chi connectivity index (χ1n) is 7.24. The van der Waals surface area contributed by atoms with Gasteiger partial charge in [-0.3, -0.25) is 4.79 Å². The predicted molar refractivity (Wildman–Crippen MR) is 83.8 cm³/mol. The summed E-state index contributed by atoms with van der Waals surface area (Å²) < 4.78 is 27.7. The molecule has 0 saturated carbocycles. The van der Waals surface area contributed by atoms with Gasteiger partial charge in [0.05, 0.1) is 11.1 Å². The summed E-state index contributed by atoms with van der Waals surface area (Å²) >= 11 is 0. The number of aryl methyl sites for hydroxylation is 1. The van der Waals surface area contributed by atoms with Crippen molar-refractivity contribution in [1.29, 1.82) is 0 Å². The van der Waals surface area contributed by atoms with Crippen LogP contribution in [0.4, 0.5) is 5.69 Å². The number of hydrogen-bond acceptors (Lipinski definition) is 5. The summed E-state index contributed by atoms with van der Waals surface area (Å²) in [6.45, 7) is 2.92. The number of carbonyl (C=O) groups is 1. The summed E-state index contributed by atoms with van der Waals surface area (Å²) in [6, 6.07) is 4.84. The van der Waals surface area contributed by atoms with Gasteiger partial charge in [-0.1, -0.05) is 11.3 Å². The number of carbonyl (C=O) groups excluding carboxylic acids is 1. The molecular formula is C14H17N5O3S. The maximum atomic E-state index is 12.7. The van der Waals surface area contributed by atoms with E-state index < -0.39 is 10.0 Å². The molecule has 122 valence electrons. The van der Waals surface area contributed by atoms with Gasteiger partial charge >= 0.3 is 0 Å². The highest BCUT2D eigenvalue weighted by Gasteiger charge is 2.29. The van der Waals surface area contributed by atoms with Crippen molar-refractivity contribution in [2.45, 2.75) is 24.8 Å². The molecule has 1 aromatic heterocycles.